The second-order valence-electron chi connectivity index (χ2n) is 5.45. The van der Waals surface area contributed by atoms with Crippen LogP contribution in [0.5, 0.6) is 0 Å². The summed E-state index contributed by atoms with van der Waals surface area (Å²) in [6.45, 7) is 4.32. The van der Waals surface area contributed by atoms with E-state index in [-0.39, 0.29) is 12.4 Å². The highest BCUT2D eigenvalue weighted by Crippen LogP contribution is 2.34. The first-order valence-corrected chi connectivity index (χ1v) is 6.31. The Balaban J connectivity index is 0.000000963. The molecule has 1 amide bonds. The maximum atomic E-state index is 11.9. The van der Waals surface area contributed by atoms with Gasteiger partial charge in [0.25, 0.3) is 0 Å². The normalized spacial score (nSPS) is 33.1. The van der Waals surface area contributed by atoms with Crippen LogP contribution in [0.4, 0.5) is 0 Å². The molecule has 16 heavy (non-hydrogen) atoms. The number of rotatable bonds is 2. The predicted molar refractivity (Wildman–Crippen MR) is 65.6 cm³/mol. The van der Waals surface area contributed by atoms with Crippen LogP contribution in [0.1, 0.15) is 25.7 Å². The zero-order valence-corrected chi connectivity index (χ0v) is 10.5. The van der Waals surface area contributed by atoms with Gasteiger partial charge in [-0.3, -0.25) is 4.79 Å². The van der Waals surface area contributed by atoms with E-state index in [0.717, 1.165) is 43.8 Å². The third kappa shape index (κ3) is 2.51. The van der Waals surface area contributed by atoms with Crippen LogP contribution >= 0.6 is 12.4 Å². The highest BCUT2D eigenvalue weighted by Gasteiger charge is 2.35. The highest BCUT2D eigenvalue weighted by atomic mass is 35.5. The van der Waals surface area contributed by atoms with E-state index < -0.39 is 0 Å². The minimum Gasteiger partial charge on any atom is -0.342 e. The van der Waals surface area contributed by atoms with E-state index in [1.54, 1.807) is 0 Å². The molecular weight excluding hydrogens is 224 g/mol. The van der Waals surface area contributed by atoms with Crippen LogP contribution in [-0.4, -0.2) is 37.0 Å². The van der Waals surface area contributed by atoms with E-state index in [9.17, 15) is 4.79 Å². The van der Waals surface area contributed by atoms with Crippen LogP contribution in [0.15, 0.2) is 0 Å². The van der Waals surface area contributed by atoms with Gasteiger partial charge in [0, 0.05) is 19.5 Å². The van der Waals surface area contributed by atoms with E-state index in [0.29, 0.717) is 5.91 Å². The maximum absolute atomic E-state index is 11.9. The van der Waals surface area contributed by atoms with Gasteiger partial charge < -0.3 is 10.2 Å². The molecule has 92 valence electrons. The number of likely N-dealkylation sites (tertiary alicyclic amines) is 1. The molecule has 2 atom stereocenters. The van der Waals surface area contributed by atoms with Crippen molar-refractivity contribution in [2.75, 3.05) is 26.2 Å². The van der Waals surface area contributed by atoms with E-state index >= 15 is 0 Å². The zero-order valence-electron chi connectivity index (χ0n) is 9.65. The Bertz CT molecular complexity index is 268. The van der Waals surface area contributed by atoms with E-state index in [1.165, 1.54) is 25.8 Å². The lowest BCUT2D eigenvalue weighted by atomic mass is 9.88. The van der Waals surface area contributed by atoms with Crippen LogP contribution in [0.3, 0.4) is 0 Å². The van der Waals surface area contributed by atoms with Crippen LogP contribution < -0.4 is 5.32 Å². The fourth-order valence-corrected chi connectivity index (χ4v) is 2.96. The predicted octanol–water partition coefficient (Wildman–Crippen LogP) is 1.28. The molecule has 2 heterocycles. The second kappa shape index (κ2) is 4.92. The molecule has 1 N–H and O–H groups in total. The molecule has 3 nitrogen and oxygen atoms in total. The van der Waals surface area contributed by atoms with E-state index in [2.05, 4.69) is 10.2 Å². The fraction of sp³-hybridized carbons (Fsp3) is 0.917. The Labute approximate surface area is 103 Å². The third-order valence-corrected chi connectivity index (χ3v) is 4.22. The van der Waals surface area contributed by atoms with Crippen molar-refractivity contribution < 1.29 is 4.79 Å². The van der Waals surface area contributed by atoms with Crippen molar-refractivity contribution in [2.45, 2.75) is 25.7 Å². The van der Waals surface area contributed by atoms with Gasteiger partial charge in [-0.25, -0.2) is 0 Å². The number of hydrogen-bond acceptors (Lipinski definition) is 2. The Morgan fingerprint density at radius 3 is 2.69 bits per heavy atom. The monoisotopic (exact) mass is 244 g/mol. The maximum Gasteiger partial charge on any atom is 0.222 e. The summed E-state index contributed by atoms with van der Waals surface area (Å²) in [5.41, 5.74) is 0. The van der Waals surface area contributed by atoms with Crippen molar-refractivity contribution in [1.29, 1.82) is 0 Å². The number of carbonyl (C=O) groups is 1. The van der Waals surface area contributed by atoms with Crippen molar-refractivity contribution >= 4 is 18.3 Å². The molecule has 3 rings (SSSR count). The van der Waals surface area contributed by atoms with Gasteiger partial charge in [-0.1, -0.05) is 0 Å². The number of amides is 1. The molecule has 1 saturated carbocycles. The summed E-state index contributed by atoms with van der Waals surface area (Å²) in [6, 6.07) is 0. The van der Waals surface area contributed by atoms with Gasteiger partial charge in [0.2, 0.25) is 5.91 Å². The Kier molecular flexibility index (Phi) is 3.75. The van der Waals surface area contributed by atoms with Crippen molar-refractivity contribution in [3.05, 3.63) is 0 Å². The Morgan fingerprint density at radius 1 is 1.19 bits per heavy atom. The van der Waals surface area contributed by atoms with Gasteiger partial charge >= 0.3 is 0 Å². The number of piperidine rings is 1. The minimum atomic E-state index is 0. The van der Waals surface area contributed by atoms with Crippen molar-refractivity contribution in [1.82, 2.24) is 10.2 Å². The van der Waals surface area contributed by atoms with Crippen molar-refractivity contribution in [3.63, 3.8) is 0 Å². The molecule has 1 aliphatic carbocycles. The van der Waals surface area contributed by atoms with Crippen LogP contribution in [0.25, 0.3) is 0 Å². The molecule has 2 aliphatic heterocycles. The number of halogens is 1. The average molecular weight is 245 g/mol. The van der Waals surface area contributed by atoms with Gasteiger partial charge in [0.1, 0.15) is 0 Å². The molecule has 0 aromatic heterocycles. The molecule has 2 unspecified atom stereocenters. The van der Waals surface area contributed by atoms with Crippen LogP contribution in [-0.2, 0) is 4.79 Å². The van der Waals surface area contributed by atoms with Gasteiger partial charge in [0.05, 0.1) is 0 Å². The molecule has 3 fully saturated rings. The summed E-state index contributed by atoms with van der Waals surface area (Å²) in [5.74, 6) is 2.73. The topological polar surface area (TPSA) is 32.3 Å². The number of nitrogens with zero attached hydrogens (tertiary/aromatic N) is 1. The number of carbonyl (C=O) groups excluding carboxylic acids is 1. The molecule has 4 heteroatoms. The van der Waals surface area contributed by atoms with E-state index in [4.69, 9.17) is 0 Å². The number of nitrogens with one attached hydrogen (secondary N) is 1. The third-order valence-electron chi connectivity index (χ3n) is 4.22. The molecule has 2 saturated heterocycles. The van der Waals surface area contributed by atoms with Gasteiger partial charge in [-0.05, 0) is 50.1 Å². The smallest absolute Gasteiger partial charge is 0.222 e. The molecule has 0 spiro atoms. The zero-order chi connectivity index (χ0) is 10.3. The Morgan fingerprint density at radius 2 is 1.94 bits per heavy atom. The van der Waals surface area contributed by atoms with Gasteiger partial charge in [-0.15, -0.1) is 12.4 Å². The summed E-state index contributed by atoms with van der Waals surface area (Å²) >= 11 is 0. The second-order valence-corrected chi connectivity index (χ2v) is 5.45. The molecule has 0 bridgehead atoms. The molecule has 3 aliphatic rings. The first kappa shape index (κ1) is 12.2. The summed E-state index contributed by atoms with van der Waals surface area (Å²) in [5, 5.41) is 3.44. The SMILES string of the molecule is Cl.O=C(CC1CC1)N1CCC2CNCC2C1. The number of hydrogen-bond donors (Lipinski definition) is 1. The number of fused-ring (bicyclic) bond motifs is 1. The van der Waals surface area contributed by atoms with Crippen LogP contribution in [0.2, 0.25) is 0 Å². The van der Waals surface area contributed by atoms with Crippen LogP contribution in [0, 0.1) is 17.8 Å². The fourth-order valence-electron chi connectivity index (χ4n) is 2.96. The molecule has 0 radical (unpaired) electrons. The quantitative estimate of drug-likeness (QED) is 0.794. The van der Waals surface area contributed by atoms with Crippen molar-refractivity contribution in [2.24, 2.45) is 17.8 Å². The summed E-state index contributed by atoms with van der Waals surface area (Å²) < 4.78 is 0. The van der Waals surface area contributed by atoms with Gasteiger partial charge in [0.15, 0.2) is 0 Å². The summed E-state index contributed by atoms with van der Waals surface area (Å²) in [4.78, 5) is 14.1. The lowest BCUT2D eigenvalue weighted by Gasteiger charge is -2.34. The first-order valence-electron chi connectivity index (χ1n) is 6.31. The standard InChI is InChI=1S/C12H20N2O.ClH/c15-12(5-9-1-2-9)14-4-3-10-6-13-7-11(10)8-14;/h9-11,13H,1-8H2;1H. The Hall–Kier alpha value is -0.280. The highest BCUT2D eigenvalue weighted by molar-refractivity contribution is 5.85. The summed E-state index contributed by atoms with van der Waals surface area (Å²) in [6.07, 6.45) is 4.61. The molecule has 0 aromatic rings. The molecule has 0 aromatic carbocycles. The van der Waals surface area contributed by atoms with Crippen molar-refractivity contribution in [3.8, 4) is 0 Å². The average Bonchev–Trinajstić information content (AvgIpc) is 2.94. The first-order chi connectivity index (χ1) is 7.33. The minimum absolute atomic E-state index is 0. The molecular formula is C12H21ClN2O. The largest absolute Gasteiger partial charge is 0.342 e. The van der Waals surface area contributed by atoms with Gasteiger partial charge in [-0.2, -0.15) is 0 Å². The lowest BCUT2D eigenvalue weighted by molar-refractivity contribution is -0.133. The van der Waals surface area contributed by atoms with E-state index in [1.807, 2.05) is 0 Å². The lowest BCUT2D eigenvalue weighted by Crippen LogP contribution is -2.43. The summed E-state index contributed by atoms with van der Waals surface area (Å²) in [7, 11) is 0.